The highest BCUT2D eigenvalue weighted by molar-refractivity contribution is 5.87. The van der Waals surface area contributed by atoms with Crippen molar-refractivity contribution in [1.29, 1.82) is 0 Å². The Morgan fingerprint density at radius 2 is 1.97 bits per heavy atom. The number of pyridine rings is 1. The number of hydrogen-bond donors (Lipinski definition) is 2. The standard InChI is InChI=1S/C23H32N4O4/c28-21(29)20-14-19(4-7-24-20)27-8-5-16-13-18(26-9-11-31-12-10-26)3-6-23(16,15-27)22(30)25-17-1-2-17/h4,7,14,16-18H,1-3,5-6,8-13,15H2,(H,25,30)(H,28,29)/t16-,18-,23-/m1/s1. The van der Waals surface area contributed by atoms with Crippen molar-refractivity contribution in [2.24, 2.45) is 11.3 Å². The molecule has 1 aromatic heterocycles. The van der Waals surface area contributed by atoms with Crippen LogP contribution in [0, 0.1) is 11.3 Å². The number of aromatic nitrogens is 1. The molecule has 5 rings (SSSR count). The minimum Gasteiger partial charge on any atom is -0.477 e. The largest absolute Gasteiger partial charge is 0.477 e. The predicted molar refractivity (Wildman–Crippen MR) is 115 cm³/mol. The van der Waals surface area contributed by atoms with Gasteiger partial charge in [-0.15, -0.1) is 0 Å². The van der Waals surface area contributed by atoms with Crippen LogP contribution >= 0.6 is 0 Å². The van der Waals surface area contributed by atoms with Crippen molar-refractivity contribution < 1.29 is 19.4 Å². The fourth-order valence-electron chi connectivity index (χ4n) is 5.79. The minimum atomic E-state index is -1.02. The van der Waals surface area contributed by atoms with E-state index in [9.17, 15) is 14.7 Å². The Morgan fingerprint density at radius 3 is 2.71 bits per heavy atom. The van der Waals surface area contributed by atoms with Gasteiger partial charge in [0, 0.05) is 50.1 Å². The van der Waals surface area contributed by atoms with E-state index in [4.69, 9.17) is 4.74 Å². The normalized spacial score (nSPS) is 31.7. The molecule has 2 saturated heterocycles. The first-order chi connectivity index (χ1) is 15.0. The van der Waals surface area contributed by atoms with Gasteiger partial charge in [0.05, 0.1) is 18.6 Å². The third-order valence-corrected chi connectivity index (χ3v) is 7.74. The summed E-state index contributed by atoms with van der Waals surface area (Å²) in [7, 11) is 0. The molecule has 8 heteroatoms. The van der Waals surface area contributed by atoms with Gasteiger partial charge in [-0.2, -0.15) is 0 Å². The van der Waals surface area contributed by atoms with Crippen LogP contribution < -0.4 is 10.2 Å². The fraction of sp³-hybridized carbons (Fsp3) is 0.696. The number of nitrogens with one attached hydrogen (secondary N) is 1. The number of morpholine rings is 1. The second kappa shape index (κ2) is 8.39. The molecular formula is C23H32N4O4. The lowest BCUT2D eigenvalue weighted by Gasteiger charge is -2.53. The van der Waals surface area contributed by atoms with Gasteiger partial charge in [0.1, 0.15) is 5.69 Å². The molecule has 2 aliphatic carbocycles. The summed E-state index contributed by atoms with van der Waals surface area (Å²) in [6.07, 6.45) is 7.63. The number of aromatic carboxylic acids is 1. The number of carbonyl (C=O) groups is 2. The summed E-state index contributed by atoms with van der Waals surface area (Å²) in [6, 6.07) is 4.36. The van der Waals surface area contributed by atoms with E-state index < -0.39 is 11.4 Å². The Labute approximate surface area is 182 Å². The van der Waals surface area contributed by atoms with Crippen molar-refractivity contribution in [1.82, 2.24) is 15.2 Å². The molecule has 31 heavy (non-hydrogen) atoms. The smallest absolute Gasteiger partial charge is 0.354 e. The van der Waals surface area contributed by atoms with Gasteiger partial charge in [-0.1, -0.05) is 0 Å². The van der Waals surface area contributed by atoms with E-state index in [1.165, 1.54) is 0 Å². The van der Waals surface area contributed by atoms with Gasteiger partial charge in [-0.25, -0.2) is 9.78 Å². The van der Waals surface area contributed by atoms with Crippen molar-refractivity contribution in [3.8, 4) is 0 Å². The molecule has 3 atom stereocenters. The average molecular weight is 429 g/mol. The van der Waals surface area contributed by atoms with E-state index in [1.54, 1.807) is 12.3 Å². The number of fused-ring (bicyclic) bond motifs is 1. The predicted octanol–water partition coefficient (Wildman–Crippen LogP) is 1.76. The van der Waals surface area contributed by atoms with Crippen molar-refractivity contribution >= 4 is 17.6 Å². The first-order valence-electron chi connectivity index (χ1n) is 11.6. The van der Waals surface area contributed by atoms with Gasteiger partial charge >= 0.3 is 5.97 Å². The SMILES string of the molecule is O=C(O)c1cc(N2CC[C@@H]3C[C@H](N4CCOCC4)CC[C@@]3(C(=O)NC3CC3)C2)ccn1. The van der Waals surface area contributed by atoms with E-state index in [0.29, 0.717) is 24.5 Å². The third kappa shape index (κ3) is 4.15. The van der Waals surface area contributed by atoms with E-state index in [-0.39, 0.29) is 11.6 Å². The molecule has 168 valence electrons. The highest BCUT2D eigenvalue weighted by Gasteiger charge is 2.53. The molecule has 0 bridgehead atoms. The molecule has 1 aromatic rings. The molecule has 4 fully saturated rings. The van der Waals surface area contributed by atoms with Crippen LogP contribution in [-0.4, -0.2) is 78.3 Å². The molecule has 4 aliphatic rings. The highest BCUT2D eigenvalue weighted by Crippen LogP contribution is 2.49. The lowest BCUT2D eigenvalue weighted by Crippen LogP contribution is -2.61. The zero-order valence-electron chi connectivity index (χ0n) is 18.0. The number of hydrogen-bond acceptors (Lipinski definition) is 6. The van der Waals surface area contributed by atoms with Crippen LogP contribution in [0.4, 0.5) is 5.69 Å². The number of piperidine rings is 1. The summed E-state index contributed by atoms with van der Waals surface area (Å²) >= 11 is 0. The van der Waals surface area contributed by atoms with Crippen LogP contribution in [0.2, 0.25) is 0 Å². The van der Waals surface area contributed by atoms with Gasteiger partial charge in [-0.3, -0.25) is 9.69 Å². The first-order valence-corrected chi connectivity index (χ1v) is 11.6. The molecule has 2 aliphatic heterocycles. The summed E-state index contributed by atoms with van der Waals surface area (Å²) in [4.78, 5) is 33.7. The molecule has 0 spiro atoms. The highest BCUT2D eigenvalue weighted by atomic mass is 16.5. The topological polar surface area (TPSA) is 95.0 Å². The van der Waals surface area contributed by atoms with Gasteiger partial charge in [0.2, 0.25) is 5.91 Å². The zero-order chi connectivity index (χ0) is 21.4. The molecule has 0 unspecified atom stereocenters. The maximum absolute atomic E-state index is 13.6. The number of carboxylic acids is 1. The van der Waals surface area contributed by atoms with Gasteiger partial charge in [0.25, 0.3) is 0 Å². The van der Waals surface area contributed by atoms with Crippen molar-refractivity contribution in [2.45, 2.75) is 50.6 Å². The quantitative estimate of drug-likeness (QED) is 0.738. The maximum atomic E-state index is 13.6. The van der Waals surface area contributed by atoms with E-state index >= 15 is 0 Å². The number of nitrogens with zero attached hydrogens (tertiary/aromatic N) is 3. The van der Waals surface area contributed by atoms with Crippen molar-refractivity contribution in [2.75, 3.05) is 44.3 Å². The monoisotopic (exact) mass is 428 g/mol. The summed E-state index contributed by atoms with van der Waals surface area (Å²) in [5, 5.41) is 12.6. The Hall–Kier alpha value is -2.19. The number of carbonyl (C=O) groups excluding carboxylic acids is 1. The Bertz CT molecular complexity index is 839. The number of rotatable bonds is 5. The number of amides is 1. The van der Waals surface area contributed by atoms with E-state index in [0.717, 1.165) is 77.1 Å². The van der Waals surface area contributed by atoms with Gasteiger partial charge in [-0.05, 0) is 56.6 Å². The molecule has 8 nitrogen and oxygen atoms in total. The Balaban J connectivity index is 1.38. The van der Waals surface area contributed by atoms with E-state index in [2.05, 4.69) is 20.1 Å². The second-order valence-corrected chi connectivity index (χ2v) is 9.59. The third-order valence-electron chi connectivity index (χ3n) is 7.74. The molecule has 2 N–H and O–H groups in total. The Kier molecular flexibility index (Phi) is 5.60. The van der Waals surface area contributed by atoms with Crippen LogP contribution in [0.3, 0.4) is 0 Å². The lowest BCUT2D eigenvalue weighted by molar-refractivity contribution is -0.139. The molecular weight excluding hydrogens is 396 g/mol. The lowest BCUT2D eigenvalue weighted by atomic mass is 9.60. The Morgan fingerprint density at radius 1 is 1.16 bits per heavy atom. The molecule has 2 saturated carbocycles. The number of anilines is 1. The van der Waals surface area contributed by atoms with Gasteiger partial charge in [0.15, 0.2) is 0 Å². The van der Waals surface area contributed by atoms with Crippen LogP contribution in [0.15, 0.2) is 18.3 Å². The summed E-state index contributed by atoms with van der Waals surface area (Å²) in [6.45, 7) is 5.06. The summed E-state index contributed by atoms with van der Waals surface area (Å²) < 4.78 is 5.54. The zero-order valence-corrected chi connectivity index (χ0v) is 18.0. The molecule has 0 radical (unpaired) electrons. The van der Waals surface area contributed by atoms with Crippen molar-refractivity contribution in [3.63, 3.8) is 0 Å². The minimum absolute atomic E-state index is 0.0483. The molecule has 1 amide bonds. The second-order valence-electron chi connectivity index (χ2n) is 9.59. The number of carboxylic acid groups (broad SMARTS) is 1. The maximum Gasteiger partial charge on any atom is 0.354 e. The van der Waals surface area contributed by atoms with Crippen LogP contribution in [-0.2, 0) is 9.53 Å². The van der Waals surface area contributed by atoms with Crippen LogP contribution in [0.5, 0.6) is 0 Å². The van der Waals surface area contributed by atoms with Crippen LogP contribution in [0.1, 0.15) is 49.0 Å². The fourth-order valence-corrected chi connectivity index (χ4v) is 5.79. The van der Waals surface area contributed by atoms with E-state index in [1.807, 2.05) is 6.07 Å². The first kappa shape index (κ1) is 20.7. The molecule has 3 heterocycles. The summed E-state index contributed by atoms with van der Waals surface area (Å²) in [5.74, 6) is -0.466. The van der Waals surface area contributed by atoms with Crippen LogP contribution in [0.25, 0.3) is 0 Å². The summed E-state index contributed by atoms with van der Waals surface area (Å²) in [5.41, 5.74) is 0.489. The van der Waals surface area contributed by atoms with Crippen molar-refractivity contribution in [3.05, 3.63) is 24.0 Å². The molecule has 0 aromatic carbocycles. The average Bonchev–Trinajstić information content (AvgIpc) is 3.63. The number of ether oxygens (including phenoxy) is 1. The van der Waals surface area contributed by atoms with Gasteiger partial charge < -0.3 is 20.1 Å².